The average Bonchev–Trinajstić information content (AvgIpc) is 2.86. The number of carbonyl (C=O) groups excluding carboxylic acids is 2. The highest BCUT2D eigenvalue weighted by atomic mass is 35.5. The maximum atomic E-state index is 13.2. The minimum Gasteiger partial charge on any atom is -0.442 e. The number of aromatic nitrogens is 2. The number of amides is 1. The van der Waals surface area contributed by atoms with Crippen molar-refractivity contribution in [2.75, 3.05) is 5.32 Å². The molecule has 1 heterocycles. The Morgan fingerprint density at radius 1 is 1.06 bits per heavy atom. The lowest BCUT2D eigenvalue weighted by Gasteiger charge is -2.19. The zero-order valence-electron chi connectivity index (χ0n) is 18.2. The smallest absolute Gasteiger partial charge is 0.360 e. The van der Waals surface area contributed by atoms with Crippen LogP contribution in [0.5, 0.6) is 0 Å². The van der Waals surface area contributed by atoms with Gasteiger partial charge in [-0.05, 0) is 12.1 Å². The number of anilines is 1. The first-order valence-corrected chi connectivity index (χ1v) is 10.6. The fraction of sp³-hybridized carbons (Fsp3) is 0.0833. The van der Waals surface area contributed by atoms with Crippen LogP contribution in [-0.2, 0) is 16.6 Å². The lowest BCUT2D eigenvalue weighted by atomic mass is 10.1. The fourth-order valence-electron chi connectivity index (χ4n) is 3.43. The van der Waals surface area contributed by atoms with Crippen molar-refractivity contribution in [1.29, 1.82) is 0 Å². The third-order valence-corrected chi connectivity index (χ3v) is 5.45. The van der Waals surface area contributed by atoms with Crippen molar-refractivity contribution in [3.63, 3.8) is 0 Å². The van der Waals surface area contributed by atoms with Gasteiger partial charge in [0.25, 0.3) is 17.2 Å². The Kier molecular flexibility index (Phi) is 6.56. The van der Waals surface area contributed by atoms with E-state index < -0.39 is 22.9 Å². The van der Waals surface area contributed by atoms with Crippen LogP contribution in [-0.4, -0.2) is 26.6 Å². The third kappa shape index (κ3) is 4.87. The molecule has 0 aliphatic rings. The van der Waals surface area contributed by atoms with Gasteiger partial charge < -0.3 is 10.1 Å². The topological polar surface area (TPSA) is 133 Å². The van der Waals surface area contributed by atoms with Crippen LogP contribution in [0, 0.1) is 10.1 Å². The fourth-order valence-corrected chi connectivity index (χ4v) is 3.65. The first-order valence-electron chi connectivity index (χ1n) is 10.2. The predicted molar refractivity (Wildman–Crippen MR) is 128 cm³/mol. The molecule has 10 nitrogen and oxygen atoms in total. The minimum absolute atomic E-state index is 0.0589. The quantitative estimate of drug-likeness (QED) is 0.244. The molecule has 4 rings (SSSR count). The highest BCUT2D eigenvalue weighted by molar-refractivity contribution is 6.34. The van der Waals surface area contributed by atoms with E-state index in [-0.39, 0.29) is 38.4 Å². The van der Waals surface area contributed by atoms with Crippen molar-refractivity contribution in [3.05, 3.63) is 110 Å². The molecule has 176 valence electrons. The van der Waals surface area contributed by atoms with E-state index in [0.29, 0.717) is 5.56 Å². The molecule has 3 aromatic carbocycles. The molecule has 0 bridgehead atoms. The van der Waals surface area contributed by atoms with Gasteiger partial charge >= 0.3 is 5.97 Å². The summed E-state index contributed by atoms with van der Waals surface area (Å²) >= 11 is 6.10. The first-order chi connectivity index (χ1) is 16.8. The summed E-state index contributed by atoms with van der Waals surface area (Å²) in [7, 11) is 1.41. The molecule has 0 aliphatic carbocycles. The number of fused-ring (bicyclic) bond motifs is 1. The van der Waals surface area contributed by atoms with Gasteiger partial charge in [-0.25, -0.2) is 9.48 Å². The molecule has 0 aliphatic heterocycles. The second-order valence-corrected chi connectivity index (χ2v) is 7.84. The van der Waals surface area contributed by atoms with E-state index in [2.05, 4.69) is 10.4 Å². The summed E-state index contributed by atoms with van der Waals surface area (Å²) in [4.78, 5) is 49.1. The molecule has 1 atom stereocenters. The Morgan fingerprint density at radius 3 is 2.37 bits per heavy atom. The number of hydrogen-bond acceptors (Lipinski definition) is 7. The molecule has 0 fully saturated rings. The van der Waals surface area contributed by atoms with Crippen molar-refractivity contribution in [1.82, 2.24) is 9.78 Å². The monoisotopic (exact) mass is 492 g/mol. The van der Waals surface area contributed by atoms with Gasteiger partial charge in [0.1, 0.15) is 0 Å². The summed E-state index contributed by atoms with van der Waals surface area (Å²) in [5.74, 6) is -1.66. The van der Waals surface area contributed by atoms with Gasteiger partial charge in [-0.15, -0.1) is 0 Å². The van der Waals surface area contributed by atoms with Crippen molar-refractivity contribution >= 4 is 45.6 Å². The molecule has 1 N–H and O–H groups in total. The lowest BCUT2D eigenvalue weighted by molar-refractivity contribution is -0.384. The molecule has 0 spiro atoms. The van der Waals surface area contributed by atoms with Crippen LogP contribution in [0.25, 0.3) is 10.8 Å². The van der Waals surface area contributed by atoms with Crippen LogP contribution in [0.3, 0.4) is 0 Å². The maximum absolute atomic E-state index is 13.2. The standard InChI is InChI=1S/C24H17ClN4O6/c1-28-23(31)17-10-6-5-9-16(17)20(27-28)24(32)35-21(14-7-3-2-4-8-14)22(30)26-19-12-11-15(29(33)34)13-18(19)25/h2-13,21H,1H3,(H,26,30). The maximum Gasteiger partial charge on any atom is 0.360 e. The molecule has 1 aromatic heterocycles. The number of nitrogens with zero attached hydrogens (tertiary/aromatic N) is 3. The summed E-state index contributed by atoms with van der Waals surface area (Å²) in [5, 5.41) is 18.0. The van der Waals surface area contributed by atoms with Gasteiger partial charge in [0.05, 0.1) is 21.0 Å². The number of nitro benzene ring substituents is 1. The molecule has 11 heteroatoms. The lowest BCUT2D eigenvalue weighted by Crippen LogP contribution is -2.28. The second kappa shape index (κ2) is 9.74. The first kappa shape index (κ1) is 23.6. The Balaban J connectivity index is 1.69. The van der Waals surface area contributed by atoms with Gasteiger partial charge in [-0.2, -0.15) is 5.10 Å². The summed E-state index contributed by atoms with van der Waals surface area (Å²) < 4.78 is 6.60. The number of rotatable bonds is 6. The SMILES string of the molecule is Cn1nc(C(=O)OC(C(=O)Nc2ccc([N+](=O)[O-])cc2Cl)c2ccccc2)c2ccccc2c1=O. The van der Waals surface area contributed by atoms with E-state index in [1.807, 2.05) is 0 Å². The van der Waals surface area contributed by atoms with Gasteiger partial charge in [-0.1, -0.05) is 60.1 Å². The van der Waals surface area contributed by atoms with E-state index in [9.17, 15) is 24.5 Å². The van der Waals surface area contributed by atoms with Gasteiger partial charge in [-0.3, -0.25) is 19.7 Å². The molecule has 35 heavy (non-hydrogen) atoms. The number of carbonyl (C=O) groups is 2. The van der Waals surface area contributed by atoms with E-state index in [1.54, 1.807) is 54.6 Å². The molecule has 0 saturated heterocycles. The summed E-state index contributed by atoms with van der Waals surface area (Å²) in [6, 6.07) is 18.3. The van der Waals surface area contributed by atoms with E-state index >= 15 is 0 Å². The van der Waals surface area contributed by atoms with E-state index in [1.165, 1.54) is 19.2 Å². The zero-order valence-corrected chi connectivity index (χ0v) is 18.9. The Hall–Kier alpha value is -4.57. The van der Waals surface area contributed by atoms with E-state index in [0.717, 1.165) is 10.7 Å². The molecule has 1 amide bonds. The van der Waals surface area contributed by atoms with Gasteiger partial charge in [0.15, 0.2) is 5.69 Å². The van der Waals surface area contributed by atoms with Crippen molar-refractivity contribution in [3.8, 4) is 0 Å². The molecule has 1 unspecified atom stereocenters. The van der Waals surface area contributed by atoms with Crippen LogP contribution >= 0.6 is 11.6 Å². The van der Waals surface area contributed by atoms with Crippen LogP contribution in [0.15, 0.2) is 77.6 Å². The van der Waals surface area contributed by atoms with Gasteiger partial charge in [0, 0.05) is 30.1 Å². The van der Waals surface area contributed by atoms with Crippen molar-refractivity contribution in [2.24, 2.45) is 7.05 Å². The van der Waals surface area contributed by atoms with E-state index in [4.69, 9.17) is 16.3 Å². The Labute approximate surface area is 202 Å². The molecule has 0 radical (unpaired) electrons. The average molecular weight is 493 g/mol. The highest BCUT2D eigenvalue weighted by Crippen LogP contribution is 2.29. The largest absolute Gasteiger partial charge is 0.442 e. The number of hydrogen-bond donors (Lipinski definition) is 1. The normalized spacial score (nSPS) is 11.6. The van der Waals surface area contributed by atoms with Gasteiger partial charge in [0.2, 0.25) is 6.10 Å². The molecule has 4 aromatic rings. The summed E-state index contributed by atoms with van der Waals surface area (Å²) in [6.45, 7) is 0. The Morgan fingerprint density at radius 2 is 1.71 bits per heavy atom. The van der Waals surface area contributed by atoms with Crippen LogP contribution < -0.4 is 10.9 Å². The summed E-state index contributed by atoms with van der Waals surface area (Å²) in [6.07, 6.45) is -1.41. The van der Waals surface area contributed by atoms with Crippen molar-refractivity contribution < 1.29 is 19.2 Å². The number of halogens is 1. The van der Waals surface area contributed by atoms with Crippen LogP contribution in [0.1, 0.15) is 22.2 Å². The molecular weight excluding hydrogens is 476 g/mol. The third-order valence-electron chi connectivity index (χ3n) is 5.14. The second-order valence-electron chi connectivity index (χ2n) is 7.43. The Bertz CT molecular complexity index is 1520. The minimum atomic E-state index is -1.41. The zero-order chi connectivity index (χ0) is 25.1. The number of aryl methyl sites for hydroxylation is 1. The summed E-state index contributed by atoms with van der Waals surface area (Å²) in [5.41, 5.74) is -0.297. The number of nitrogens with one attached hydrogen (secondary N) is 1. The number of nitro groups is 1. The molecular formula is C24H17ClN4O6. The van der Waals surface area contributed by atoms with Crippen molar-refractivity contribution in [2.45, 2.75) is 6.10 Å². The van der Waals surface area contributed by atoms with Crippen LogP contribution in [0.4, 0.5) is 11.4 Å². The predicted octanol–water partition coefficient (Wildman–Crippen LogP) is 4.03. The van der Waals surface area contributed by atoms with Crippen LogP contribution in [0.2, 0.25) is 5.02 Å². The highest BCUT2D eigenvalue weighted by Gasteiger charge is 2.28. The molecule has 0 saturated carbocycles. The number of non-ortho nitro benzene ring substituents is 1. The number of ether oxygens (including phenoxy) is 1. The number of esters is 1. The number of benzene rings is 3.